The summed E-state index contributed by atoms with van der Waals surface area (Å²) in [5.41, 5.74) is 1.40. The Labute approximate surface area is 133 Å². The van der Waals surface area contributed by atoms with Crippen LogP contribution in [0.3, 0.4) is 0 Å². The summed E-state index contributed by atoms with van der Waals surface area (Å²) in [4.78, 5) is 22.9. The van der Waals surface area contributed by atoms with Gasteiger partial charge >= 0.3 is 5.97 Å². The molecule has 1 amide bonds. The molecule has 0 aromatic heterocycles. The smallest absolute Gasteiger partial charge is 0.339 e. The van der Waals surface area contributed by atoms with E-state index in [-0.39, 0.29) is 5.91 Å². The quantitative estimate of drug-likeness (QED) is 0.618. The Balaban J connectivity index is 2.79. The summed E-state index contributed by atoms with van der Waals surface area (Å²) in [6.07, 6.45) is -0.729. The third-order valence-electron chi connectivity index (χ3n) is 3.09. The van der Waals surface area contributed by atoms with Crippen molar-refractivity contribution in [3.8, 4) is 0 Å². The van der Waals surface area contributed by atoms with E-state index >= 15 is 0 Å². The highest BCUT2D eigenvalue weighted by Crippen LogP contribution is 2.22. The van der Waals surface area contributed by atoms with Crippen LogP contribution >= 0.6 is 0 Å². The molecule has 0 saturated carbocycles. The summed E-state index contributed by atoms with van der Waals surface area (Å²) < 4.78 is 10.6. The van der Waals surface area contributed by atoms with Crippen molar-refractivity contribution in [3.05, 3.63) is 29.8 Å². The molecule has 22 heavy (non-hydrogen) atoms. The average Bonchev–Trinajstić information content (AvgIpc) is 2.42. The van der Waals surface area contributed by atoms with Crippen molar-refractivity contribution in [2.24, 2.45) is 0 Å². The number of amides is 1. The Kier molecular flexibility index (Phi) is 6.77. The van der Waals surface area contributed by atoms with Gasteiger partial charge in [0.05, 0.1) is 7.11 Å². The monoisotopic (exact) mass is 323 g/mol. The topological polar surface area (TPSA) is 64.6 Å². The zero-order valence-corrected chi connectivity index (χ0v) is 14.9. The van der Waals surface area contributed by atoms with Gasteiger partial charge in [-0.1, -0.05) is 31.8 Å². The number of methoxy groups -OCH3 is 1. The number of rotatable bonds is 7. The fourth-order valence-electron chi connectivity index (χ4n) is 1.83. The summed E-state index contributed by atoms with van der Waals surface area (Å²) in [7, 11) is 0.128. The number of esters is 1. The zero-order valence-electron chi connectivity index (χ0n) is 13.9. The number of anilines is 1. The van der Waals surface area contributed by atoms with Gasteiger partial charge in [0.25, 0.3) is 0 Å². The van der Waals surface area contributed by atoms with Gasteiger partial charge in [-0.25, -0.2) is 4.79 Å². The van der Waals surface area contributed by atoms with Crippen LogP contribution in [0.15, 0.2) is 24.3 Å². The summed E-state index contributed by atoms with van der Waals surface area (Å²) in [5, 5.41) is 2.69. The Morgan fingerprint density at radius 2 is 1.77 bits per heavy atom. The molecule has 122 valence electrons. The lowest BCUT2D eigenvalue weighted by Crippen LogP contribution is -2.24. The molecule has 0 fully saturated rings. The van der Waals surface area contributed by atoms with E-state index in [0.29, 0.717) is 12.3 Å². The van der Waals surface area contributed by atoms with E-state index in [0.717, 1.165) is 11.6 Å². The van der Waals surface area contributed by atoms with Gasteiger partial charge in [0, 0.05) is 27.3 Å². The molecule has 1 aromatic carbocycles. The first-order valence-corrected chi connectivity index (χ1v) is 11.0. The number of nitrogens with one attached hydrogen (secondary N) is 1. The Morgan fingerprint density at radius 3 is 2.23 bits per heavy atom. The van der Waals surface area contributed by atoms with Gasteiger partial charge in [-0.15, -0.1) is 0 Å². The minimum absolute atomic E-state index is 0.136. The third kappa shape index (κ3) is 6.40. The van der Waals surface area contributed by atoms with Crippen molar-refractivity contribution in [1.29, 1.82) is 0 Å². The minimum atomic E-state index is -1.22. The van der Waals surface area contributed by atoms with Crippen molar-refractivity contribution in [3.63, 3.8) is 0 Å². The normalized spacial score (nSPS) is 12.6. The van der Waals surface area contributed by atoms with Gasteiger partial charge in [0.1, 0.15) is 0 Å². The maximum absolute atomic E-state index is 11.9. The lowest BCUT2D eigenvalue weighted by atomic mass is 10.1. The standard InChI is InChI=1S/C16H25NO4Si/c1-12(18)17-14-8-6-13(7-9-14)15(16(19)20-2)21-10-11-22(3,4)5/h6-9,15H,10-11H2,1-5H3,(H,17,18)/t15-/m0/s1. The van der Waals surface area contributed by atoms with Crippen LogP contribution in [0.1, 0.15) is 18.6 Å². The van der Waals surface area contributed by atoms with Crippen LogP contribution < -0.4 is 5.32 Å². The molecule has 0 heterocycles. The molecular weight excluding hydrogens is 298 g/mol. The van der Waals surface area contributed by atoms with Crippen LogP contribution in [-0.4, -0.2) is 33.7 Å². The molecular formula is C16H25NO4Si. The predicted molar refractivity (Wildman–Crippen MR) is 89.6 cm³/mol. The molecule has 6 heteroatoms. The van der Waals surface area contributed by atoms with Crippen LogP contribution in [0, 0.1) is 0 Å². The maximum atomic E-state index is 11.9. The van der Waals surface area contributed by atoms with E-state index in [1.165, 1.54) is 14.0 Å². The second kappa shape index (κ2) is 8.10. The summed E-state index contributed by atoms with van der Waals surface area (Å²) in [6.45, 7) is 8.75. The zero-order chi connectivity index (χ0) is 16.8. The first-order chi connectivity index (χ1) is 10.2. The molecule has 0 radical (unpaired) electrons. The van der Waals surface area contributed by atoms with Crippen LogP contribution in [-0.2, 0) is 19.1 Å². The van der Waals surface area contributed by atoms with Gasteiger partial charge in [-0.2, -0.15) is 0 Å². The fraction of sp³-hybridized carbons (Fsp3) is 0.500. The van der Waals surface area contributed by atoms with E-state index in [9.17, 15) is 9.59 Å². The third-order valence-corrected chi connectivity index (χ3v) is 4.79. The number of benzene rings is 1. The van der Waals surface area contributed by atoms with Gasteiger partial charge in [0.15, 0.2) is 6.10 Å². The number of carbonyl (C=O) groups excluding carboxylic acids is 2. The molecule has 1 rings (SSSR count). The van der Waals surface area contributed by atoms with Crippen molar-refractivity contribution in [1.82, 2.24) is 0 Å². The highest BCUT2D eigenvalue weighted by molar-refractivity contribution is 6.76. The molecule has 0 aliphatic carbocycles. The fourth-order valence-corrected chi connectivity index (χ4v) is 2.57. The van der Waals surface area contributed by atoms with Crippen molar-refractivity contribution in [2.75, 3.05) is 19.0 Å². The Hall–Kier alpha value is -1.66. The SMILES string of the molecule is COC(=O)[C@@H](OCC[Si](C)(C)C)c1ccc(NC(C)=O)cc1. The highest BCUT2D eigenvalue weighted by atomic mass is 28.3. The molecule has 0 aliphatic heterocycles. The molecule has 5 nitrogen and oxygen atoms in total. The largest absolute Gasteiger partial charge is 0.467 e. The molecule has 1 atom stereocenters. The average molecular weight is 323 g/mol. The molecule has 0 unspecified atom stereocenters. The van der Waals surface area contributed by atoms with Gasteiger partial charge < -0.3 is 14.8 Å². The second-order valence-electron chi connectivity index (χ2n) is 6.39. The van der Waals surface area contributed by atoms with Gasteiger partial charge in [0.2, 0.25) is 5.91 Å². The Morgan fingerprint density at radius 1 is 1.18 bits per heavy atom. The number of carbonyl (C=O) groups is 2. The van der Waals surface area contributed by atoms with E-state index < -0.39 is 20.1 Å². The van der Waals surface area contributed by atoms with Crippen LogP contribution in [0.2, 0.25) is 25.7 Å². The van der Waals surface area contributed by atoms with Crippen LogP contribution in [0.4, 0.5) is 5.69 Å². The minimum Gasteiger partial charge on any atom is -0.467 e. The lowest BCUT2D eigenvalue weighted by molar-refractivity contribution is -0.154. The first-order valence-electron chi connectivity index (χ1n) is 7.30. The van der Waals surface area contributed by atoms with Gasteiger partial charge in [-0.05, 0) is 23.7 Å². The predicted octanol–water partition coefficient (Wildman–Crippen LogP) is 3.21. The molecule has 0 spiro atoms. The molecule has 1 N–H and O–H groups in total. The van der Waals surface area contributed by atoms with E-state index in [4.69, 9.17) is 9.47 Å². The van der Waals surface area contributed by atoms with E-state index in [1.54, 1.807) is 24.3 Å². The molecule has 0 aliphatic rings. The molecule has 0 bridgehead atoms. The van der Waals surface area contributed by atoms with E-state index in [2.05, 4.69) is 25.0 Å². The first kappa shape index (κ1) is 18.4. The van der Waals surface area contributed by atoms with Crippen LogP contribution in [0.25, 0.3) is 0 Å². The van der Waals surface area contributed by atoms with Crippen molar-refractivity contribution in [2.45, 2.75) is 38.7 Å². The molecule has 1 aromatic rings. The van der Waals surface area contributed by atoms with Gasteiger partial charge in [-0.3, -0.25) is 4.79 Å². The summed E-state index contributed by atoms with van der Waals surface area (Å²) in [6, 6.07) is 8.00. The summed E-state index contributed by atoms with van der Waals surface area (Å²) in [5.74, 6) is -0.550. The maximum Gasteiger partial charge on any atom is 0.339 e. The highest BCUT2D eigenvalue weighted by Gasteiger charge is 2.23. The second-order valence-corrected chi connectivity index (χ2v) is 12.0. The number of hydrogen-bond donors (Lipinski definition) is 1. The summed E-state index contributed by atoms with van der Waals surface area (Å²) >= 11 is 0. The van der Waals surface area contributed by atoms with Crippen molar-refractivity contribution >= 4 is 25.6 Å². The number of ether oxygens (including phenoxy) is 2. The van der Waals surface area contributed by atoms with E-state index in [1.807, 2.05) is 0 Å². The van der Waals surface area contributed by atoms with Crippen molar-refractivity contribution < 1.29 is 19.1 Å². The van der Waals surface area contributed by atoms with Crippen LogP contribution in [0.5, 0.6) is 0 Å². The molecule has 0 saturated heterocycles. The Bertz CT molecular complexity index is 508. The lowest BCUT2D eigenvalue weighted by Gasteiger charge is -2.20. The number of hydrogen-bond acceptors (Lipinski definition) is 4.